The summed E-state index contributed by atoms with van der Waals surface area (Å²) < 4.78 is 0.955. The van der Waals surface area contributed by atoms with E-state index < -0.39 is 5.41 Å². The van der Waals surface area contributed by atoms with Crippen molar-refractivity contribution in [1.29, 1.82) is 5.26 Å². The van der Waals surface area contributed by atoms with Gasteiger partial charge in [-0.15, -0.1) is 0 Å². The Balaban J connectivity index is 3.31. The molecule has 1 aromatic rings. The molecule has 0 saturated heterocycles. The van der Waals surface area contributed by atoms with Crippen LogP contribution in [0.15, 0.2) is 22.7 Å². The second-order valence-electron chi connectivity index (χ2n) is 3.53. The fraction of sp³-hybridized carbons (Fsp3) is 0.364. The van der Waals surface area contributed by atoms with Crippen molar-refractivity contribution in [1.82, 2.24) is 0 Å². The maximum atomic E-state index is 9.13. The maximum Gasteiger partial charge on any atom is 0.0811 e. The number of hydrogen-bond donors (Lipinski definition) is 1. The lowest BCUT2D eigenvalue weighted by molar-refractivity contribution is 0.589. The minimum Gasteiger partial charge on any atom is -0.398 e. The van der Waals surface area contributed by atoms with Crippen molar-refractivity contribution in [3.05, 3.63) is 28.2 Å². The summed E-state index contributed by atoms with van der Waals surface area (Å²) in [5.74, 6) is 0. The number of nitrogens with two attached hydrogens (primary N) is 1. The van der Waals surface area contributed by atoms with Crippen LogP contribution in [-0.4, -0.2) is 0 Å². The summed E-state index contributed by atoms with van der Waals surface area (Å²) in [6, 6.07) is 7.94. The summed E-state index contributed by atoms with van der Waals surface area (Å²) in [4.78, 5) is 0. The van der Waals surface area contributed by atoms with Gasteiger partial charge in [-0.05, 0) is 37.1 Å². The third kappa shape index (κ3) is 1.91. The molecule has 2 nitrogen and oxygen atoms in total. The van der Waals surface area contributed by atoms with Crippen LogP contribution in [0.3, 0.4) is 0 Å². The van der Waals surface area contributed by atoms with Crippen molar-refractivity contribution in [2.75, 3.05) is 5.73 Å². The number of nitriles is 1. The van der Waals surface area contributed by atoms with Gasteiger partial charge < -0.3 is 5.73 Å². The predicted octanol–water partition coefficient (Wildman–Crippen LogP) is 3.22. The second kappa shape index (κ2) is 4.02. The van der Waals surface area contributed by atoms with E-state index in [2.05, 4.69) is 22.0 Å². The predicted molar refractivity (Wildman–Crippen MR) is 61.8 cm³/mol. The van der Waals surface area contributed by atoms with Gasteiger partial charge in [-0.2, -0.15) is 5.26 Å². The highest BCUT2D eigenvalue weighted by Crippen LogP contribution is 2.32. The van der Waals surface area contributed by atoms with Crippen LogP contribution in [0, 0.1) is 11.3 Å². The first kappa shape index (κ1) is 11.1. The SMILES string of the molecule is CCC(C)(C#N)c1cc(Br)ccc1N. The molecular formula is C11H13BrN2. The summed E-state index contributed by atoms with van der Waals surface area (Å²) in [6.45, 7) is 3.90. The maximum absolute atomic E-state index is 9.13. The third-order valence-electron chi connectivity index (χ3n) is 2.56. The molecule has 0 fully saturated rings. The molecule has 0 saturated carbocycles. The molecule has 1 atom stereocenters. The molecular weight excluding hydrogens is 240 g/mol. The summed E-state index contributed by atoms with van der Waals surface area (Å²) in [7, 11) is 0. The Labute approximate surface area is 92.9 Å². The van der Waals surface area contributed by atoms with Gasteiger partial charge in [0.25, 0.3) is 0 Å². The number of halogens is 1. The second-order valence-corrected chi connectivity index (χ2v) is 4.44. The Morgan fingerprint density at radius 3 is 2.71 bits per heavy atom. The van der Waals surface area contributed by atoms with Crippen molar-refractivity contribution in [3.63, 3.8) is 0 Å². The topological polar surface area (TPSA) is 49.8 Å². The van der Waals surface area contributed by atoms with Crippen molar-refractivity contribution in [3.8, 4) is 6.07 Å². The van der Waals surface area contributed by atoms with E-state index in [1.807, 2.05) is 32.0 Å². The van der Waals surface area contributed by atoms with Crippen LogP contribution in [0.25, 0.3) is 0 Å². The molecule has 3 heteroatoms. The highest BCUT2D eigenvalue weighted by molar-refractivity contribution is 9.10. The summed E-state index contributed by atoms with van der Waals surface area (Å²) >= 11 is 3.38. The first-order chi connectivity index (χ1) is 6.53. The van der Waals surface area contributed by atoms with E-state index in [9.17, 15) is 0 Å². The zero-order valence-corrected chi connectivity index (χ0v) is 9.93. The molecule has 0 aliphatic heterocycles. The Bertz CT molecular complexity index is 381. The van der Waals surface area contributed by atoms with Gasteiger partial charge in [-0.3, -0.25) is 0 Å². The Morgan fingerprint density at radius 2 is 2.21 bits per heavy atom. The van der Waals surface area contributed by atoms with Gasteiger partial charge >= 0.3 is 0 Å². The summed E-state index contributed by atoms with van der Waals surface area (Å²) in [5, 5.41) is 9.13. The van der Waals surface area contributed by atoms with Crippen LogP contribution in [0.2, 0.25) is 0 Å². The largest absolute Gasteiger partial charge is 0.398 e. The average Bonchev–Trinajstić information content (AvgIpc) is 2.20. The standard InChI is InChI=1S/C11H13BrN2/c1-3-11(2,7-13)9-6-8(12)4-5-10(9)14/h4-6H,3,14H2,1-2H3. The normalized spacial score (nSPS) is 14.4. The molecule has 0 bridgehead atoms. The van der Waals surface area contributed by atoms with E-state index in [1.165, 1.54) is 0 Å². The van der Waals surface area contributed by atoms with Gasteiger partial charge in [0.2, 0.25) is 0 Å². The molecule has 0 aliphatic rings. The molecule has 0 radical (unpaired) electrons. The minimum absolute atomic E-state index is 0.492. The van der Waals surface area contributed by atoms with E-state index in [4.69, 9.17) is 11.0 Å². The summed E-state index contributed by atoms with van der Waals surface area (Å²) in [6.07, 6.45) is 0.754. The Hall–Kier alpha value is -1.01. The fourth-order valence-corrected chi connectivity index (χ4v) is 1.70. The van der Waals surface area contributed by atoms with Crippen LogP contribution in [0.5, 0.6) is 0 Å². The van der Waals surface area contributed by atoms with Gasteiger partial charge in [-0.25, -0.2) is 0 Å². The molecule has 0 spiro atoms. The smallest absolute Gasteiger partial charge is 0.0811 e. The number of nitrogen functional groups attached to an aromatic ring is 1. The quantitative estimate of drug-likeness (QED) is 0.822. The highest BCUT2D eigenvalue weighted by atomic mass is 79.9. The molecule has 0 aliphatic carbocycles. The molecule has 2 N–H and O–H groups in total. The van der Waals surface area contributed by atoms with Crippen LogP contribution in [0.1, 0.15) is 25.8 Å². The zero-order chi connectivity index (χ0) is 10.8. The molecule has 0 amide bonds. The van der Waals surface area contributed by atoms with Gasteiger partial charge in [0.05, 0.1) is 11.5 Å². The van der Waals surface area contributed by atoms with E-state index in [1.54, 1.807) is 0 Å². The van der Waals surface area contributed by atoms with Crippen molar-refractivity contribution in [2.24, 2.45) is 0 Å². The Kier molecular flexibility index (Phi) is 3.17. The minimum atomic E-state index is -0.492. The van der Waals surface area contributed by atoms with Crippen LogP contribution >= 0.6 is 15.9 Å². The molecule has 0 aromatic heterocycles. The van der Waals surface area contributed by atoms with Crippen molar-refractivity contribution in [2.45, 2.75) is 25.7 Å². The lowest BCUT2D eigenvalue weighted by Gasteiger charge is -2.21. The first-order valence-electron chi connectivity index (χ1n) is 4.50. The van der Waals surface area contributed by atoms with E-state index in [-0.39, 0.29) is 0 Å². The molecule has 74 valence electrons. The molecule has 1 rings (SSSR count). The monoisotopic (exact) mass is 252 g/mol. The van der Waals surface area contributed by atoms with E-state index in [0.29, 0.717) is 5.69 Å². The number of hydrogen-bond acceptors (Lipinski definition) is 2. The number of anilines is 1. The highest BCUT2D eigenvalue weighted by Gasteiger charge is 2.26. The summed E-state index contributed by atoms with van der Waals surface area (Å²) in [5.41, 5.74) is 6.94. The molecule has 1 aromatic carbocycles. The lowest BCUT2D eigenvalue weighted by atomic mass is 9.81. The zero-order valence-electron chi connectivity index (χ0n) is 8.34. The number of nitrogens with zero attached hydrogens (tertiary/aromatic N) is 1. The van der Waals surface area contributed by atoms with E-state index >= 15 is 0 Å². The van der Waals surface area contributed by atoms with E-state index in [0.717, 1.165) is 16.5 Å². The van der Waals surface area contributed by atoms with Crippen LogP contribution in [-0.2, 0) is 5.41 Å². The number of benzene rings is 1. The van der Waals surface area contributed by atoms with Gasteiger partial charge in [0.15, 0.2) is 0 Å². The third-order valence-corrected chi connectivity index (χ3v) is 3.06. The lowest BCUT2D eigenvalue weighted by Crippen LogP contribution is -2.19. The number of rotatable bonds is 2. The van der Waals surface area contributed by atoms with Gasteiger partial charge in [-0.1, -0.05) is 22.9 Å². The Morgan fingerprint density at radius 1 is 1.57 bits per heavy atom. The van der Waals surface area contributed by atoms with Gasteiger partial charge in [0.1, 0.15) is 0 Å². The van der Waals surface area contributed by atoms with Crippen molar-refractivity contribution < 1.29 is 0 Å². The average molecular weight is 253 g/mol. The van der Waals surface area contributed by atoms with Crippen LogP contribution in [0.4, 0.5) is 5.69 Å². The van der Waals surface area contributed by atoms with Crippen molar-refractivity contribution >= 4 is 21.6 Å². The molecule has 0 heterocycles. The first-order valence-corrected chi connectivity index (χ1v) is 5.29. The molecule has 14 heavy (non-hydrogen) atoms. The molecule has 1 unspecified atom stereocenters. The van der Waals surface area contributed by atoms with Crippen LogP contribution < -0.4 is 5.73 Å². The fourth-order valence-electron chi connectivity index (χ4n) is 1.34. The van der Waals surface area contributed by atoms with Gasteiger partial charge in [0, 0.05) is 10.2 Å².